The summed E-state index contributed by atoms with van der Waals surface area (Å²) in [7, 11) is 0. The molecule has 1 aliphatic rings. The van der Waals surface area contributed by atoms with Gasteiger partial charge in [-0.1, -0.05) is 60.7 Å². The van der Waals surface area contributed by atoms with E-state index in [0.717, 1.165) is 26.2 Å². The lowest BCUT2D eigenvalue weighted by atomic mass is 9.96. The van der Waals surface area contributed by atoms with Crippen LogP contribution in [0.2, 0.25) is 0 Å². The summed E-state index contributed by atoms with van der Waals surface area (Å²) in [6.07, 6.45) is 0. The highest BCUT2D eigenvalue weighted by Gasteiger charge is 2.27. The van der Waals surface area contributed by atoms with Crippen LogP contribution in [0.1, 0.15) is 22.9 Å². The Morgan fingerprint density at radius 2 is 1.43 bits per heavy atom. The van der Waals surface area contributed by atoms with Crippen LogP contribution in [-0.2, 0) is 6.54 Å². The van der Waals surface area contributed by atoms with Gasteiger partial charge in [0.05, 0.1) is 18.7 Å². The number of hydrogen-bond donors (Lipinski definition) is 0. The van der Waals surface area contributed by atoms with E-state index in [-0.39, 0.29) is 11.9 Å². The molecule has 0 unspecified atom stereocenters. The van der Waals surface area contributed by atoms with Gasteiger partial charge in [0.2, 0.25) is 0 Å². The van der Waals surface area contributed by atoms with Gasteiger partial charge in [0.15, 0.2) is 0 Å². The van der Waals surface area contributed by atoms with Gasteiger partial charge < -0.3 is 4.42 Å². The Kier molecular flexibility index (Phi) is 5.50. The largest absolute Gasteiger partial charge is 0.433 e. The third kappa shape index (κ3) is 4.13. The van der Waals surface area contributed by atoms with Crippen molar-refractivity contribution in [1.82, 2.24) is 9.80 Å². The maximum Gasteiger partial charge on any atom is 0.433 e. The van der Waals surface area contributed by atoms with E-state index in [4.69, 9.17) is 4.42 Å². The molecule has 2 aromatic carbocycles. The number of benzene rings is 2. The second-order valence-electron chi connectivity index (χ2n) is 7.03. The lowest BCUT2D eigenvalue weighted by Gasteiger charge is -2.39. The second kappa shape index (κ2) is 8.37. The van der Waals surface area contributed by atoms with E-state index in [1.165, 1.54) is 17.2 Å². The van der Waals surface area contributed by atoms with Crippen LogP contribution in [0.4, 0.5) is 5.88 Å². The van der Waals surface area contributed by atoms with Crippen molar-refractivity contribution >= 4 is 5.88 Å². The quantitative estimate of drug-likeness (QED) is 0.478. The summed E-state index contributed by atoms with van der Waals surface area (Å²) in [5.74, 6) is 0.449. The monoisotopic (exact) mass is 377 g/mol. The first-order valence-corrected chi connectivity index (χ1v) is 9.50. The predicted molar refractivity (Wildman–Crippen MR) is 107 cm³/mol. The molecule has 0 bridgehead atoms. The Labute approximate surface area is 164 Å². The summed E-state index contributed by atoms with van der Waals surface area (Å²) in [5.41, 5.74) is 2.59. The van der Waals surface area contributed by atoms with Crippen LogP contribution in [0.25, 0.3) is 0 Å². The number of furan rings is 1. The zero-order valence-electron chi connectivity index (χ0n) is 15.6. The number of nitro groups is 1. The molecule has 0 atom stereocenters. The predicted octanol–water partition coefficient (Wildman–Crippen LogP) is 4.10. The summed E-state index contributed by atoms with van der Waals surface area (Å²) in [4.78, 5) is 15.1. The van der Waals surface area contributed by atoms with Crippen LogP contribution in [-0.4, -0.2) is 40.9 Å². The molecule has 0 N–H and O–H groups in total. The highest BCUT2D eigenvalue weighted by molar-refractivity contribution is 5.32. The van der Waals surface area contributed by atoms with Crippen molar-refractivity contribution in [3.63, 3.8) is 0 Å². The van der Waals surface area contributed by atoms with E-state index < -0.39 is 4.92 Å². The molecule has 1 aromatic heterocycles. The minimum absolute atomic E-state index is 0.193. The van der Waals surface area contributed by atoms with E-state index in [1.54, 1.807) is 6.07 Å². The first-order chi connectivity index (χ1) is 13.7. The van der Waals surface area contributed by atoms with E-state index in [9.17, 15) is 10.1 Å². The van der Waals surface area contributed by atoms with Crippen molar-refractivity contribution in [3.05, 3.63) is 99.8 Å². The molecule has 0 radical (unpaired) electrons. The third-order valence-electron chi connectivity index (χ3n) is 5.21. The van der Waals surface area contributed by atoms with E-state index in [2.05, 4.69) is 58.3 Å². The zero-order chi connectivity index (χ0) is 19.3. The Bertz CT molecular complexity index is 864. The van der Waals surface area contributed by atoms with Crippen LogP contribution in [0, 0.1) is 10.1 Å². The van der Waals surface area contributed by atoms with Gasteiger partial charge in [-0.25, -0.2) is 0 Å². The van der Waals surface area contributed by atoms with Gasteiger partial charge in [0.25, 0.3) is 0 Å². The van der Waals surface area contributed by atoms with Gasteiger partial charge in [-0.3, -0.25) is 19.9 Å². The highest BCUT2D eigenvalue weighted by atomic mass is 16.6. The third-order valence-corrected chi connectivity index (χ3v) is 5.21. The molecule has 3 aromatic rings. The van der Waals surface area contributed by atoms with Crippen molar-refractivity contribution in [2.75, 3.05) is 26.2 Å². The lowest BCUT2D eigenvalue weighted by molar-refractivity contribution is -0.402. The molecule has 0 saturated carbocycles. The molecule has 6 heteroatoms. The number of piperazine rings is 1. The normalized spacial score (nSPS) is 15.8. The Morgan fingerprint density at radius 1 is 0.857 bits per heavy atom. The minimum Gasteiger partial charge on any atom is -0.404 e. The first-order valence-electron chi connectivity index (χ1n) is 9.50. The Balaban J connectivity index is 1.45. The molecule has 1 saturated heterocycles. The van der Waals surface area contributed by atoms with Crippen LogP contribution >= 0.6 is 0 Å². The van der Waals surface area contributed by atoms with Crippen molar-refractivity contribution < 1.29 is 9.34 Å². The standard InChI is InChI=1S/C22H23N3O3/c26-25(27)21-12-11-20(28-21)17-23-13-15-24(16-14-23)22(18-7-3-1-4-8-18)19-9-5-2-6-10-19/h1-12,22H,13-17H2. The molecule has 28 heavy (non-hydrogen) atoms. The average Bonchev–Trinajstić information content (AvgIpc) is 3.20. The minimum atomic E-state index is -0.494. The van der Waals surface area contributed by atoms with E-state index in [0.29, 0.717) is 12.3 Å². The van der Waals surface area contributed by atoms with Crippen molar-refractivity contribution in [2.24, 2.45) is 0 Å². The highest BCUT2D eigenvalue weighted by Crippen LogP contribution is 2.29. The summed E-state index contributed by atoms with van der Waals surface area (Å²) in [6, 6.07) is 24.5. The Morgan fingerprint density at radius 3 is 1.93 bits per heavy atom. The van der Waals surface area contributed by atoms with Crippen molar-refractivity contribution in [1.29, 1.82) is 0 Å². The maximum atomic E-state index is 10.8. The average molecular weight is 377 g/mol. The van der Waals surface area contributed by atoms with Crippen molar-refractivity contribution in [3.8, 4) is 0 Å². The lowest BCUT2D eigenvalue weighted by Crippen LogP contribution is -2.47. The summed E-state index contributed by atoms with van der Waals surface area (Å²) in [5, 5.41) is 10.8. The summed E-state index contributed by atoms with van der Waals surface area (Å²) < 4.78 is 5.31. The second-order valence-corrected chi connectivity index (χ2v) is 7.03. The molecule has 6 nitrogen and oxygen atoms in total. The van der Waals surface area contributed by atoms with Gasteiger partial charge >= 0.3 is 5.88 Å². The molecule has 1 aliphatic heterocycles. The van der Waals surface area contributed by atoms with Gasteiger partial charge in [0.1, 0.15) is 10.7 Å². The van der Waals surface area contributed by atoms with Gasteiger partial charge in [-0.2, -0.15) is 0 Å². The first kappa shape index (κ1) is 18.4. The van der Waals surface area contributed by atoms with E-state index in [1.807, 2.05) is 12.1 Å². The fraction of sp³-hybridized carbons (Fsp3) is 0.273. The molecule has 144 valence electrons. The van der Waals surface area contributed by atoms with Gasteiger partial charge in [-0.15, -0.1) is 0 Å². The van der Waals surface area contributed by atoms with Crippen LogP contribution in [0.5, 0.6) is 0 Å². The smallest absolute Gasteiger partial charge is 0.404 e. The molecule has 1 fully saturated rings. The SMILES string of the molecule is O=[N+]([O-])c1ccc(CN2CCN(C(c3ccccc3)c3ccccc3)CC2)o1. The Hall–Kier alpha value is -2.96. The van der Waals surface area contributed by atoms with E-state index >= 15 is 0 Å². The van der Waals surface area contributed by atoms with Crippen LogP contribution in [0.3, 0.4) is 0 Å². The molecule has 2 heterocycles. The summed E-state index contributed by atoms with van der Waals surface area (Å²) >= 11 is 0. The molecule has 0 amide bonds. The number of rotatable bonds is 6. The maximum absolute atomic E-state index is 10.8. The van der Waals surface area contributed by atoms with Gasteiger partial charge in [0, 0.05) is 26.2 Å². The van der Waals surface area contributed by atoms with Crippen molar-refractivity contribution in [2.45, 2.75) is 12.6 Å². The fourth-order valence-corrected chi connectivity index (χ4v) is 3.83. The molecular weight excluding hydrogens is 354 g/mol. The van der Waals surface area contributed by atoms with Crippen LogP contribution in [0.15, 0.2) is 77.2 Å². The number of nitrogens with zero attached hydrogens (tertiary/aromatic N) is 3. The number of hydrogen-bond acceptors (Lipinski definition) is 5. The van der Waals surface area contributed by atoms with Crippen LogP contribution < -0.4 is 0 Å². The summed E-state index contributed by atoms with van der Waals surface area (Å²) in [6.45, 7) is 4.24. The fourth-order valence-electron chi connectivity index (χ4n) is 3.83. The zero-order valence-corrected chi connectivity index (χ0v) is 15.6. The topological polar surface area (TPSA) is 62.8 Å². The molecule has 0 spiro atoms. The molecule has 4 rings (SSSR count). The molecular formula is C22H23N3O3. The van der Waals surface area contributed by atoms with Gasteiger partial charge in [-0.05, 0) is 17.2 Å². The molecule has 0 aliphatic carbocycles.